The normalized spacial score (nSPS) is 10.6. The van der Waals surface area contributed by atoms with Crippen LogP contribution >= 0.6 is 15.9 Å². The van der Waals surface area contributed by atoms with Crippen molar-refractivity contribution in [3.63, 3.8) is 0 Å². The lowest BCUT2D eigenvalue weighted by atomic mass is 10.1. The fourth-order valence-corrected chi connectivity index (χ4v) is 2.69. The summed E-state index contributed by atoms with van der Waals surface area (Å²) in [7, 11) is 0. The number of aryl methyl sites for hydroxylation is 1. The molecule has 0 bridgehead atoms. The minimum absolute atomic E-state index is 0.659. The fraction of sp³-hybridized carbons (Fsp3) is 0.333. The van der Waals surface area contributed by atoms with E-state index in [1.807, 2.05) is 18.2 Å². The van der Waals surface area contributed by atoms with E-state index in [1.54, 1.807) is 0 Å². The molecule has 0 saturated heterocycles. The lowest BCUT2D eigenvalue weighted by Gasteiger charge is -2.10. The first-order valence-electron chi connectivity index (χ1n) is 7.48. The van der Waals surface area contributed by atoms with Gasteiger partial charge in [0, 0.05) is 0 Å². The average Bonchev–Trinajstić information content (AvgIpc) is 2.49. The van der Waals surface area contributed by atoms with Crippen LogP contribution in [0.1, 0.15) is 30.9 Å². The Morgan fingerprint density at radius 1 is 1.00 bits per heavy atom. The molecule has 2 aromatic rings. The van der Waals surface area contributed by atoms with Crippen molar-refractivity contribution >= 4 is 15.9 Å². The molecular formula is C18H22BrNO. The van der Waals surface area contributed by atoms with E-state index >= 15 is 0 Å². The topological polar surface area (TPSA) is 35.2 Å². The molecule has 0 aliphatic rings. The van der Waals surface area contributed by atoms with E-state index in [1.165, 1.54) is 24.0 Å². The summed E-state index contributed by atoms with van der Waals surface area (Å²) in [5.41, 5.74) is 8.15. The van der Waals surface area contributed by atoms with Crippen LogP contribution in [-0.2, 0) is 12.8 Å². The van der Waals surface area contributed by atoms with Crippen LogP contribution in [0.3, 0.4) is 0 Å². The minimum Gasteiger partial charge on any atom is -0.456 e. The first-order chi connectivity index (χ1) is 10.2. The van der Waals surface area contributed by atoms with Crippen LogP contribution in [0.4, 0.5) is 0 Å². The maximum atomic E-state index is 5.92. The molecule has 2 nitrogen and oxygen atoms in total. The molecule has 0 atom stereocenters. The molecule has 3 heteroatoms. The summed E-state index contributed by atoms with van der Waals surface area (Å²) in [4.78, 5) is 0. The lowest BCUT2D eigenvalue weighted by Crippen LogP contribution is -2.02. The van der Waals surface area contributed by atoms with E-state index < -0.39 is 0 Å². The Balaban J connectivity index is 2.04. The van der Waals surface area contributed by atoms with Gasteiger partial charge in [-0.25, -0.2) is 0 Å². The highest BCUT2D eigenvalue weighted by Gasteiger charge is 2.04. The zero-order chi connectivity index (χ0) is 15.1. The highest BCUT2D eigenvalue weighted by molar-refractivity contribution is 9.10. The van der Waals surface area contributed by atoms with Crippen molar-refractivity contribution in [3.05, 3.63) is 58.1 Å². The van der Waals surface area contributed by atoms with E-state index in [4.69, 9.17) is 10.5 Å². The van der Waals surface area contributed by atoms with Gasteiger partial charge in [-0.05, 0) is 77.1 Å². The first kappa shape index (κ1) is 16.1. The Kier molecular flexibility index (Phi) is 6.27. The molecule has 0 saturated carbocycles. The highest BCUT2D eigenvalue weighted by atomic mass is 79.9. The van der Waals surface area contributed by atoms with Gasteiger partial charge in [0.15, 0.2) is 0 Å². The van der Waals surface area contributed by atoms with Crippen LogP contribution in [0, 0.1) is 0 Å². The Bertz CT molecular complexity index is 566. The van der Waals surface area contributed by atoms with Crippen molar-refractivity contribution in [2.45, 2.75) is 32.6 Å². The van der Waals surface area contributed by atoms with Gasteiger partial charge in [-0.2, -0.15) is 0 Å². The quantitative estimate of drug-likeness (QED) is 0.757. The van der Waals surface area contributed by atoms with E-state index in [-0.39, 0.29) is 0 Å². The van der Waals surface area contributed by atoms with Crippen LogP contribution in [0.2, 0.25) is 0 Å². The van der Waals surface area contributed by atoms with Crippen LogP contribution < -0.4 is 10.5 Å². The molecule has 0 radical (unpaired) electrons. The molecule has 0 heterocycles. The molecule has 0 unspecified atom stereocenters. The standard InChI is InChI=1S/C18H22BrNO/c1-2-3-4-14-5-8-16(9-6-14)21-18-10-7-15(11-12-20)13-17(18)19/h5-10,13H,2-4,11-12,20H2,1H3. The molecule has 0 aliphatic heterocycles. The fourth-order valence-electron chi connectivity index (χ4n) is 2.18. The number of unbranched alkanes of at least 4 members (excludes halogenated alkanes) is 1. The smallest absolute Gasteiger partial charge is 0.141 e. The zero-order valence-electron chi connectivity index (χ0n) is 12.4. The number of ether oxygens (including phenoxy) is 1. The molecule has 21 heavy (non-hydrogen) atoms. The molecule has 2 aromatic carbocycles. The molecule has 0 aromatic heterocycles. The molecule has 0 aliphatic carbocycles. The SMILES string of the molecule is CCCCc1ccc(Oc2ccc(CCN)cc2Br)cc1. The average molecular weight is 348 g/mol. The Hall–Kier alpha value is -1.32. The first-order valence-corrected chi connectivity index (χ1v) is 8.27. The van der Waals surface area contributed by atoms with E-state index in [2.05, 4.69) is 47.1 Å². The molecule has 2 rings (SSSR count). The zero-order valence-corrected chi connectivity index (χ0v) is 14.0. The third-order valence-corrected chi connectivity index (χ3v) is 4.02. The number of benzene rings is 2. The van der Waals surface area contributed by atoms with Crippen molar-refractivity contribution in [1.29, 1.82) is 0 Å². The Morgan fingerprint density at radius 3 is 2.33 bits per heavy atom. The van der Waals surface area contributed by atoms with E-state index in [9.17, 15) is 0 Å². The predicted octanol–water partition coefficient (Wildman–Crippen LogP) is 5.09. The van der Waals surface area contributed by atoms with Crippen molar-refractivity contribution in [3.8, 4) is 11.5 Å². The summed E-state index contributed by atoms with van der Waals surface area (Å²) >= 11 is 3.56. The third kappa shape index (κ3) is 4.87. The summed E-state index contributed by atoms with van der Waals surface area (Å²) in [6.45, 7) is 2.87. The highest BCUT2D eigenvalue weighted by Crippen LogP contribution is 2.30. The summed E-state index contributed by atoms with van der Waals surface area (Å²) in [5.74, 6) is 1.69. The van der Waals surface area contributed by atoms with Gasteiger partial charge in [-0.1, -0.05) is 31.5 Å². The number of rotatable bonds is 7. The largest absolute Gasteiger partial charge is 0.456 e. The van der Waals surface area contributed by atoms with Crippen LogP contribution in [0.5, 0.6) is 11.5 Å². The second-order valence-corrected chi connectivity index (χ2v) is 6.01. The molecule has 0 fully saturated rings. The van der Waals surface area contributed by atoms with Crippen molar-refractivity contribution in [2.24, 2.45) is 5.73 Å². The Morgan fingerprint density at radius 2 is 1.71 bits per heavy atom. The van der Waals surface area contributed by atoms with Crippen molar-refractivity contribution in [2.75, 3.05) is 6.54 Å². The summed E-state index contributed by atoms with van der Waals surface area (Å²) in [6.07, 6.45) is 4.47. The van der Waals surface area contributed by atoms with Crippen LogP contribution in [-0.4, -0.2) is 6.54 Å². The molecular weight excluding hydrogens is 326 g/mol. The maximum Gasteiger partial charge on any atom is 0.141 e. The summed E-state index contributed by atoms with van der Waals surface area (Å²) < 4.78 is 6.89. The molecule has 2 N–H and O–H groups in total. The summed E-state index contributed by atoms with van der Waals surface area (Å²) in [5, 5.41) is 0. The predicted molar refractivity (Wildman–Crippen MR) is 92.0 cm³/mol. The van der Waals surface area contributed by atoms with Crippen LogP contribution in [0.25, 0.3) is 0 Å². The number of hydrogen-bond acceptors (Lipinski definition) is 2. The number of nitrogens with two attached hydrogens (primary N) is 1. The Labute approximate surface area is 135 Å². The molecule has 0 amide bonds. The van der Waals surface area contributed by atoms with Gasteiger partial charge in [0.1, 0.15) is 11.5 Å². The maximum absolute atomic E-state index is 5.92. The van der Waals surface area contributed by atoms with Crippen molar-refractivity contribution < 1.29 is 4.74 Å². The van der Waals surface area contributed by atoms with Gasteiger partial charge in [0.25, 0.3) is 0 Å². The third-order valence-electron chi connectivity index (χ3n) is 3.40. The van der Waals surface area contributed by atoms with Crippen LogP contribution in [0.15, 0.2) is 46.9 Å². The summed E-state index contributed by atoms with van der Waals surface area (Å²) in [6, 6.07) is 14.5. The minimum atomic E-state index is 0.659. The van der Waals surface area contributed by atoms with E-state index in [0.717, 1.165) is 28.8 Å². The van der Waals surface area contributed by atoms with Gasteiger partial charge in [-0.15, -0.1) is 0 Å². The van der Waals surface area contributed by atoms with Gasteiger partial charge in [0.2, 0.25) is 0 Å². The monoisotopic (exact) mass is 347 g/mol. The van der Waals surface area contributed by atoms with Gasteiger partial charge >= 0.3 is 0 Å². The van der Waals surface area contributed by atoms with E-state index in [0.29, 0.717) is 6.54 Å². The van der Waals surface area contributed by atoms with Crippen molar-refractivity contribution in [1.82, 2.24) is 0 Å². The lowest BCUT2D eigenvalue weighted by molar-refractivity contribution is 0.479. The number of hydrogen-bond donors (Lipinski definition) is 1. The molecule has 112 valence electrons. The van der Waals surface area contributed by atoms with Gasteiger partial charge in [0.05, 0.1) is 4.47 Å². The second-order valence-electron chi connectivity index (χ2n) is 5.15. The van der Waals surface area contributed by atoms with Gasteiger partial charge in [-0.3, -0.25) is 0 Å². The second kappa shape index (κ2) is 8.20. The number of halogens is 1. The molecule has 0 spiro atoms. The van der Waals surface area contributed by atoms with Gasteiger partial charge < -0.3 is 10.5 Å².